The SMILES string of the molecule is CCc1c(C(=O)NCC(C)O)cnn1-c1cccc(Cl)c1. The molecule has 0 saturated carbocycles. The summed E-state index contributed by atoms with van der Waals surface area (Å²) in [6.07, 6.45) is 1.61. The van der Waals surface area contributed by atoms with Gasteiger partial charge in [0, 0.05) is 11.6 Å². The number of aliphatic hydroxyl groups is 1. The van der Waals surface area contributed by atoms with Crippen molar-refractivity contribution in [1.82, 2.24) is 15.1 Å². The molecular formula is C15H18ClN3O2. The largest absolute Gasteiger partial charge is 0.392 e. The molecule has 0 aliphatic carbocycles. The predicted molar refractivity (Wildman–Crippen MR) is 82.0 cm³/mol. The highest BCUT2D eigenvalue weighted by atomic mass is 35.5. The van der Waals surface area contributed by atoms with E-state index in [4.69, 9.17) is 11.6 Å². The first-order chi connectivity index (χ1) is 10.0. The van der Waals surface area contributed by atoms with E-state index in [2.05, 4.69) is 10.4 Å². The molecule has 1 unspecified atom stereocenters. The van der Waals surface area contributed by atoms with E-state index >= 15 is 0 Å². The minimum atomic E-state index is -0.581. The van der Waals surface area contributed by atoms with Crippen LogP contribution >= 0.6 is 11.6 Å². The van der Waals surface area contributed by atoms with Gasteiger partial charge in [-0.15, -0.1) is 0 Å². The number of halogens is 1. The van der Waals surface area contributed by atoms with Gasteiger partial charge in [0.2, 0.25) is 0 Å². The van der Waals surface area contributed by atoms with E-state index in [1.165, 1.54) is 6.20 Å². The summed E-state index contributed by atoms with van der Waals surface area (Å²) >= 11 is 6.00. The molecule has 5 nitrogen and oxygen atoms in total. The molecule has 6 heteroatoms. The summed E-state index contributed by atoms with van der Waals surface area (Å²) in [6, 6.07) is 7.31. The van der Waals surface area contributed by atoms with Gasteiger partial charge in [0.05, 0.1) is 29.2 Å². The second kappa shape index (κ2) is 6.74. The van der Waals surface area contributed by atoms with Gasteiger partial charge in [-0.25, -0.2) is 4.68 Å². The first-order valence-electron chi connectivity index (χ1n) is 6.82. The van der Waals surface area contributed by atoms with E-state index in [9.17, 15) is 9.90 Å². The van der Waals surface area contributed by atoms with Crippen LogP contribution in [0.25, 0.3) is 5.69 Å². The van der Waals surface area contributed by atoms with E-state index in [0.717, 1.165) is 11.4 Å². The zero-order valence-corrected chi connectivity index (χ0v) is 12.8. The van der Waals surface area contributed by atoms with E-state index in [-0.39, 0.29) is 12.5 Å². The van der Waals surface area contributed by atoms with Crippen molar-refractivity contribution in [1.29, 1.82) is 0 Å². The highest BCUT2D eigenvalue weighted by Crippen LogP contribution is 2.19. The topological polar surface area (TPSA) is 67.2 Å². The molecule has 1 atom stereocenters. The Labute approximate surface area is 128 Å². The number of benzene rings is 1. The number of amides is 1. The Morgan fingerprint density at radius 3 is 2.90 bits per heavy atom. The average Bonchev–Trinajstić information content (AvgIpc) is 2.88. The smallest absolute Gasteiger partial charge is 0.254 e. The lowest BCUT2D eigenvalue weighted by Crippen LogP contribution is -2.31. The Kier molecular flexibility index (Phi) is 4.98. The maximum Gasteiger partial charge on any atom is 0.254 e. The highest BCUT2D eigenvalue weighted by Gasteiger charge is 2.17. The predicted octanol–water partition coefficient (Wildman–Crippen LogP) is 2.20. The van der Waals surface area contributed by atoms with Gasteiger partial charge in [-0.3, -0.25) is 4.79 Å². The van der Waals surface area contributed by atoms with Gasteiger partial charge >= 0.3 is 0 Å². The van der Waals surface area contributed by atoms with Gasteiger partial charge in [-0.05, 0) is 31.5 Å². The first-order valence-corrected chi connectivity index (χ1v) is 7.19. The second-order valence-corrected chi connectivity index (χ2v) is 5.25. The van der Waals surface area contributed by atoms with E-state index in [1.54, 1.807) is 23.7 Å². The Balaban J connectivity index is 2.32. The van der Waals surface area contributed by atoms with Crippen molar-refractivity contribution in [3.8, 4) is 5.69 Å². The van der Waals surface area contributed by atoms with Crippen molar-refractivity contribution in [2.24, 2.45) is 0 Å². The third kappa shape index (κ3) is 3.62. The molecule has 0 fully saturated rings. The van der Waals surface area contributed by atoms with Crippen LogP contribution < -0.4 is 5.32 Å². The molecule has 1 heterocycles. The monoisotopic (exact) mass is 307 g/mol. The lowest BCUT2D eigenvalue weighted by molar-refractivity contribution is 0.0923. The third-order valence-electron chi connectivity index (χ3n) is 3.06. The minimum Gasteiger partial charge on any atom is -0.392 e. The first kappa shape index (κ1) is 15.5. The van der Waals surface area contributed by atoms with Crippen LogP contribution in [0.4, 0.5) is 0 Å². The summed E-state index contributed by atoms with van der Waals surface area (Å²) in [5.74, 6) is -0.235. The summed E-state index contributed by atoms with van der Waals surface area (Å²) in [4.78, 5) is 12.1. The Morgan fingerprint density at radius 2 is 2.29 bits per heavy atom. The fourth-order valence-corrected chi connectivity index (χ4v) is 2.25. The second-order valence-electron chi connectivity index (χ2n) is 4.81. The van der Waals surface area contributed by atoms with Crippen LogP contribution in [-0.2, 0) is 6.42 Å². The van der Waals surface area contributed by atoms with Gasteiger partial charge < -0.3 is 10.4 Å². The van der Waals surface area contributed by atoms with Crippen molar-refractivity contribution in [2.75, 3.05) is 6.54 Å². The zero-order valence-electron chi connectivity index (χ0n) is 12.0. The van der Waals surface area contributed by atoms with Crippen LogP contribution in [0, 0.1) is 0 Å². The molecule has 112 valence electrons. The summed E-state index contributed by atoms with van der Waals surface area (Å²) < 4.78 is 1.71. The van der Waals surface area contributed by atoms with E-state index in [0.29, 0.717) is 17.0 Å². The van der Waals surface area contributed by atoms with Gasteiger partial charge in [-0.1, -0.05) is 24.6 Å². The zero-order chi connectivity index (χ0) is 15.4. The standard InChI is InChI=1S/C15H18ClN3O2/c1-3-14-13(15(21)17-8-10(2)20)9-18-19(14)12-6-4-5-11(16)7-12/h4-7,9-10,20H,3,8H2,1-2H3,(H,17,21). The van der Waals surface area contributed by atoms with E-state index < -0.39 is 6.10 Å². The molecule has 21 heavy (non-hydrogen) atoms. The maximum absolute atomic E-state index is 12.1. The quantitative estimate of drug-likeness (QED) is 0.890. The maximum atomic E-state index is 12.1. The Morgan fingerprint density at radius 1 is 1.52 bits per heavy atom. The van der Waals surface area contributed by atoms with Crippen LogP contribution in [-0.4, -0.2) is 33.4 Å². The Hall–Kier alpha value is -1.85. The molecule has 1 amide bonds. The normalized spacial score (nSPS) is 12.2. The summed E-state index contributed by atoms with van der Waals surface area (Å²) in [5, 5.41) is 16.8. The molecule has 0 aliphatic heterocycles. The molecule has 0 saturated heterocycles. The van der Waals surface area contributed by atoms with Crippen LogP contribution in [0.1, 0.15) is 29.9 Å². The molecule has 2 N–H and O–H groups in total. The molecule has 0 aliphatic rings. The van der Waals surface area contributed by atoms with Gasteiger partial charge in [0.15, 0.2) is 0 Å². The Bertz CT molecular complexity index is 638. The number of aromatic nitrogens is 2. The molecular weight excluding hydrogens is 290 g/mol. The molecule has 2 rings (SSSR count). The molecule has 0 spiro atoms. The minimum absolute atomic E-state index is 0.213. The number of hydrogen-bond acceptors (Lipinski definition) is 3. The lowest BCUT2D eigenvalue weighted by Gasteiger charge is -2.09. The molecule has 1 aromatic heterocycles. The van der Waals surface area contributed by atoms with Gasteiger partial charge in [0.25, 0.3) is 5.91 Å². The number of nitrogens with one attached hydrogen (secondary N) is 1. The highest BCUT2D eigenvalue weighted by molar-refractivity contribution is 6.30. The fraction of sp³-hybridized carbons (Fsp3) is 0.333. The number of aliphatic hydroxyl groups excluding tert-OH is 1. The van der Waals surface area contributed by atoms with E-state index in [1.807, 2.05) is 19.1 Å². The van der Waals surface area contributed by atoms with Crippen LogP contribution in [0.3, 0.4) is 0 Å². The summed E-state index contributed by atoms with van der Waals surface area (Å²) in [5.41, 5.74) is 2.13. The number of nitrogens with zero attached hydrogens (tertiary/aromatic N) is 2. The molecule has 0 radical (unpaired) electrons. The van der Waals surface area contributed by atoms with Gasteiger partial charge in [0.1, 0.15) is 0 Å². The number of hydrogen-bond donors (Lipinski definition) is 2. The number of rotatable bonds is 5. The average molecular weight is 308 g/mol. The molecule has 2 aromatic rings. The van der Waals surface area contributed by atoms with Crippen molar-refractivity contribution < 1.29 is 9.90 Å². The van der Waals surface area contributed by atoms with Crippen LogP contribution in [0.15, 0.2) is 30.5 Å². The van der Waals surface area contributed by atoms with Crippen molar-refractivity contribution in [2.45, 2.75) is 26.4 Å². The summed E-state index contributed by atoms with van der Waals surface area (Å²) in [7, 11) is 0. The molecule has 1 aromatic carbocycles. The van der Waals surface area contributed by atoms with Crippen LogP contribution in [0.5, 0.6) is 0 Å². The van der Waals surface area contributed by atoms with Crippen molar-refractivity contribution >= 4 is 17.5 Å². The van der Waals surface area contributed by atoms with Crippen molar-refractivity contribution in [3.05, 3.63) is 46.7 Å². The van der Waals surface area contributed by atoms with Crippen LogP contribution in [0.2, 0.25) is 5.02 Å². The number of carbonyl (C=O) groups excluding carboxylic acids is 1. The third-order valence-corrected chi connectivity index (χ3v) is 3.29. The lowest BCUT2D eigenvalue weighted by atomic mass is 10.2. The fourth-order valence-electron chi connectivity index (χ4n) is 2.07. The number of carbonyl (C=O) groups is 1. The molecule has 0 bridgehead atoms. The summed E-state index contributed by atoms with van der Waals surface area (Å²) in [6.45, 7) is 3.80. The van der Waals surface area contributed by atoms with Crippen molar-refractivity contribution in [3.63, 3.8) is 0 Å². The van der Waals surface area contributed by atoms with Gasteiger partial charge in [-0.2, -0.15) is 5.10 Å².